The zero-order valence-electron chi connectivity index (χ0n) is 11.3. The van der Waals surface area contributed by atoms with Crippen molar-refractivity contribution in [3.05, 3.63) is 35.9 Å². The highest BCUT2D eigenvalue weighted by Crippen LogP contribution is 2.23. The summed E-state index contributed by atoms with van der Waals surface area (Å²) in [5.74, 6) is 1.11. The normalized spacial score (nSPS) is 9.56. The van der Waals surface area contributed by atoms with E-state index in [2.05, 4.69) is 5.16 Å². The number of hydrogen-bond donors (Lipinski definition) is 0. The molecule has 0 aliphatic rings. The Morgan fingerprint density at radius 3 is 2.44 bits per heavy atom. The molecule has 1 aromatic carbocycles. The van der Waals surface area contributed by atoms with Gasteiger partial charge in [-0.05, 0) is 12.1 Å². The number of aromatic nitrogens is 1. The molecule has 0 atom stereocenters. The predicted octanol–water partition coefficient (Wildman–Crippen LogP) is 3.66. The molecule has 0 spiro atoms. The average molecular weight is 249 g/mol. The molecule has 0 aliphatic heterocycles. The molecular weight excluding hydrogens is 230 g/mol. The molecular formula is C14H19NO3. The number of benzene rings is 1. The van der Waals surface area contributed by atoms with E-state index in [1.54, 1.807) is 13.2 Å². The standard InChI is InChI=1S/C12H13NO3.C2H6/c1-9-3-5-10(6-4-9)11-7-12(13-16-11)15-8-14-2;1-2/h3-7H,8H2,1-2H3;1-2H3. The van der Waals surface area contributed by atoms with E-state index in [1.807, 2.05) is 45.0 Å². The number of hydrogen-bond acceptors (Lipinski definition) is 4. The summed E-state index contributed by atoms with van der Waals surface area (Å²) in [5, 5.41) is 3.78. The van der Waals surface area contributed by atoms with Crippen molar-refractivity contribution >= 4 is 0 Å². The van der Waals surface area contributed by atoms with E-state index in [9.17, 15) is 0 Å². The molecule has 0 saturated heterocycles. The molecule has 0 aliphatic carbocycles. The van der Waals surface area contributed by atoms with Gasteiger partial charge in [-0.1, -0.05) is 43.7 Å². The molecule has 0 N–H and O–H groups in total. The van der Waals surface area contributed by atoms with Gasteiger partial charge in [0.15, 0.2) is 12.6 Å². The van der Waals surface area contributed by atoms with Crippen LogP contribution in [0, 0.1) is 6.92 Å². The van der Waals surface area contributed by atoms with E-state index in [0.29, 0.717) is 11.6 Å². The Bertz CT molecular complexity index is 448. The number of ether oxygens (including phenoxy) is 2. The molecule has 0 radical (unpaired) electrons. The Balaban J connectivity index is 0.000000771. The molecule has 0 amide bonds. The third kappa shape index (κ3) is 3.89. The summed E-state index contributed by atoms with van der Waals surface area (Å²) in [7, 11) is 1.56. The number of rotatable bonds is 4. The first-order valence-corrected chi connectivity index (χ1v) is 5.95. The van der Waals surface area contributed by atoms with E-state index in [-0.39, 0.29) is 6.79 Å². The van der Waals surface area contributed by atoms with Crippen molar-refractivity contribution < 1.29 is 14.0 Å². The maximum atomic E-state index is 5.16. The molecule has 0 unspecified atom stereocenters. The summed E-state index contributed by atoms with van der Waals surface area (Å²) in [5.41, 5.74) is 2.18. The number of aryl methyl sites for hydroxylation is 1. The molecule has 0 bridgehead atoms. The Morgan fingerprint density at radius 2 is 1.83 bits per heavy atom. The minimum Gasteiger partial charge on any atom is -0.448 e. The SMILES string of the molecule is CC.COCOc1cc(-c2ccc(C)cc2)on1. The minimum atomic E-state index is 0.167. The second-order valence-electron chi connectivity index (χ2n) is 3.45. The van der Waals surface area contributed by atoms with Crippen molar-refractivity contribution in [2.45, 2.75) is 20.8 Å². The van der Waals surface area contributed by atoms with Gasteiger partial charge >= 0.3 is 0 Å². The maximum absolute atomic E-state index is 5.16. The van der Waals surface area contributed by atoms with E-state index in [4.69, 9.17) is 14.0 Å². The van der Waals surface area contributed by atoms with Gasteiger partial charge in [-0.15, -0.1) is 0 Å². The van der Waals surface area contributed by atoms with Crippen LogP contribution in [0.5, 0.6) is 5.88 Å². The van der Waals surface area contributed by atoms with Crippen LogP contribution in [-0.2, 0) is 4.74 Å². The van der Waals surface area contributed by atoms with Crippen LogP contribution in [0.15, 0.2) is 34.9 Å². The maximum Gasteiger partial charge on any atom is 0.256 e. The topological polar surface area (TPSA) is 44.5 Å². The fraction of sp³-hybridized carbons (Fsp3) is 0.357. The Labute approximate surface area is 108 Å². The van der Waals surface area contributed by atoms with Gasteiger partial charge in [0.1, 0.15) is 0 Å². The molecule has 2 aromatic rings. The quantitative estimate of drug-likeness (QED) is 0.776. The van der Waals surface area contributed by atoms with E-state index >= 15 is 0 Å². The molecule has 0 fully saturated rings. The lowest BCUT2D eigenvalue weighted by atomic mass is 10.1. The summed E-state index contributed by atoms with van der Waals surface area (Å²) < 4.78 is 15.1. The lowest BCUT2D eigenvalue weighted by molar-refractivity contribution is 0.0453. The smallest absolute Gasteiger partial charge is 0.256 e. The molecule has 18 heavy (non-hydrogen) atoms. The van der Waals surface area contributed by atoms with Crippen LogP contribution in [0.3, 0.4) is 0 Å². The first-order chi connectivity index (χ1) is 8.79. The molecule has 98 valence electrons. The Kier molecular flexibility index (Phi) is 5.94. The van der Waals surface area contributed by atoms with Crippen molar-refractivity contribution in [2.24, 2.45) is 0 Å². The lowest BCUT2D eigenvalue weighted by Gasteiger charge is -1.97. The summed E-state index contributed by atoms with van der Waals surface area (Å²) in [6.45, 7) is 6.21. The van der Waals surface area contributed by atoms with Crippen molar-refractivity contribution in [3.63, 3.8) is 0 Å². The highest BCUT2D eigenvalue weighted by molar-refractivity contribution is 5.58. The van der Waals surface area contributed by atoms with Crippen LogP contribution in [0.2, 0.25) is 0 Å². The van der Waals surface area contributed by atoms with Gasteiger partial charge in [0.05, 0.1) is 0 Å². The van der Waals surface area contributed by atoms with Crippen molar-refractivity contribution in [3.8, 4) is 17.2 Å². The molecule has 2 rings (SSSR count). The van der Waals surface area contributed by atoms with Gasteiger partial charge in [-0.25, -0.2) is 0 Å². The largest absolute Gasteiger partial charge is 0.448 e. The molecule has 1 heterocycles. The number of nitrogens with zero attached hydrogens (tertiary/aromatic N) is 1. The second kappa shape index (κ2) is 7.50. The zero-order chi connectivity index (χ0) is 13.4. The summed E-state index contributed by atoms with van der Waals surface area (Å²) in [4.78, 5) is 0. The summed E-state index contributed by atoms with van der Waals surface area (Å²) in [6.07, 6.45) is 0. The first-order valence-electron chi connectivity index (χ1n) is 5.95. The minimum absolute atomic E-state index is 0.167. The van der Waals surface area contributed by atoms with Crippen molar-refractivity contribution in [2.75, 3.05) is 13.9 Å². The third-order valence-electron chi connectivity index (χ3n) is 2.15. The van der Waals surface area contributed by atoms with Crippen LogP contribution in [0.1, 0.15) is 19.4 Å². The van der Waals surface area contributed by atoms with Crippen molar-refractivity contribution in [1.29, 1.82) is 0 Å². The first kappa shape index (κ1) is 14.3. The second-order valence-corrected chi connectivity index (χ2v) is 3.45. The van der Waals surface area contributed by atoms with Gasteiger partial charge in [-0.2, -0.15) is 0 Å². The molecule has 4 nitrogen and oxygen atoms in total. The van der Waals surface area contributed by atoms with E-state index in [0.717, 1.165) is 5.56 Å². The monoisotopic (exact) mass is 249 g/mol. The Hall–Kier alpha value is -1.81. The van der Waals surface area contributed by atoms with Gasteiger partial charge in [0.2, 0.25) is 0 Å². The highest BCUT2D eigenvalue weighted by Gasteiger charge is 2.06. The Morgan fingerprint density at radius 1 is 1.17 bits per heavy atom. The van der Waals surface area contributed by atoms with Gasteiger partial charge in [0, 0.05) is 18.7 Å². The number of methoxy groups -OCH3 is 1. The van der Waals surface area contributed by atoms with Crippen LogP contribution in [0.25, 0.3) is 11.3 Å². The van der Waals surface area contributed by atoms with Gasteiger partial charge in [0.25, 0.3) is 5.88 Å². The lowest BCUT2D eigenvalue weighted by Crippen LogP contribution is -1.98. The third-order valence-corrected chi connectivity index (χ3v) is 2.15. The molecule has 1 aromatic heterocycles. The van der Waals surface area contributed by atoms with Gasteiger partial charge < -0.3 is 14.0 Å². The fourth-order valence-electron chi connectivity index (χ4n) is 1.30. The van der Waals surface area contributed by atoms with Crippen LogP contribution in [-0.4, -0.2) is 19.1 Å². The van der Waals surface area contributed by atoms with Crippen LogP contribution < -0.4 is 4.74 Å². The van der Waals surface area contributed by atoms with E-state index in [1.165, 1.54) is 5.56 Å². The zero-order valence-corrected chi connectivity index (χ0v) is 11.3. The predicted molar refractivity (Wildman–Crippen MR) is 70.5 cm³/mol. The summed E-state index contributed by atoms with van der Waals surface area (Å²) in [6, 6.07) is 9.75. The summed E-state index contributed by atoms with van der Waals surface area (Å²) >= 11 is 0. The van der Waals surface area contributed by atoms with Crippen LogP contribution in [0.4, 0.5) is 0 Å². The van der Waals surface area contributed by atoms with E-state index < -0.39 is 0 Å². The molecule has 4 heteroatoms. The highest BCUT2D eigenvalue weighted by atomic mass is 16.7. The van der Waals surface area contributed by atoms with Crippen molar-refractivity contribution in [1.82, 2.24) is 5.16 Å². The van der Waals surface area contributed by atoms with Crippen LogP contribution >= 0.6 is 0 Å². The fourth-order valence-corrected chi connectivity index (χ4v) is 1.30. The average Bonchev–Trinajstić information content (AvgIpc) is 2.88. The molecule has 0 saturated carbocycles. The van der Waals surface area contributed by atoms with Gasteiger partial charge in [-0.3, -0.25) is 0 Å².